The average Bonchev–Trinajstić information content (AvgIpc) is 3.37. The maximum absolute atomic E-state index is 13.3. The Morgan fingerprint density at radius 3 is 1.03 bits per heavy atom. The second kappa shape index (κ2) is 21.6. The van der Waals surface area contributed by atoms with Crippen LogP contribution in [0.5, 0.6) is 23.0 Å². The molecule has 0 aliphatic carbocycles. The van der Waals surface area contributed by atoms with E-state index in [1.165, 1.54) is 5.56 Å². The van der Waals surface area contributed by atoms with Crippen LogP contribution in [0.4, 0.5) is 21.0 Å². The second-order valence-electron chi connectivity index (χ2n) is 17.3. The topological polar surface area (TPSA) is 182 Å². The highest BCUT2D eigenvalue weighted by Gasteiger charge is 2.58. The van der Waals surface area contributed by atoms with Crippen molar-refractivity contribution < 1.29 is 38.2 Å². The van der Waals surface area contributed by atoms with Crippen LogP contribution >= 0.6 is 54.5 Å². The van der Waals surface area contributed by atoms with Crippen LogP contribution in [-0.2, 0) is 30.3 Å². The lowest BCUT2D eigenvalue weighted by atomic mass is 9.84. The summed E-state index contributed by atoms with van der Waals surface area (Å²) in [5, 5.41) is 9.22. The Hall–Kier alpha value is -6.65. The molecule has 10 rings (SSSR count). The third kappa shape index (κ3) is 10.5. The van der Waals surface area contributed by atoms with Crippen LogP contribution in [0, 0.1) is 10.5 Å². The molecule has 6 aromatic carbocycles. The van der Waals surface area contributed by atoms with Crippen molar-refractivity contribution in [1.82, 2.24) is 31.1 Å². The van der Waals surface area contributed by atoms with Gasteiger partial charge < -0.3 is 19.3 Å². The lowest BCUT2D eigenvalue weighted by Crippen LogP contribution is -2.73. The number of piperazine rings is 2. The molecule has 0 unspecified atom stereocenters. The van der Waals surface area contributed by atoms with Gasteiger partial charge in [-0.05, 0) is 150 Å². The molecular weight excluding hydrogens is 1160 g/mol. The molecule has 4 heterocycles. The van der Waals surface area contributed by atoms with Gasteiger partial charge in [0.2, 0.25) is 11.1 Å². The summed E-state index contributed by atoms with van der Waals surface area (Å²) in [5.41, 5.74) is 0.978. The lowest BCUT2D eigenvalue weighted by molar-refractivity contribution is -0.150. The van der Waals surface area contributed by atoms with Crippen molar-refractivity contribution in [2.75, 3.05) is 62.2 Å². The number of halogens is 3. The van der Waals surface area contributed by atoms with Crippen LogP contribution in [-0.4, -0.2) is 97.8 Å². The minimum Gasteiger partial charge on any atom is -0.457 e. The number of carbonyl (C=O) groups excluding carboxylic acids is 6. The third-order valence-corrected chi connectivity index (χ3v) is 14.7. The zero-order valence-corrected chi connectivity index (χ0v) is 44.0. The Morgan fingerprint density at radius 1 is 0.417 bits per heavy atom. The second-order valence-corrected chi connectivity index (χ2v) is 20.4. The van der Waals surface area contributed by atoms with Crippen LogP contribution in [0.2, 0.25) is 0 Å². The number of rotatable bonds is 10. The minimum absolute atomic E-state index is 0.457. The summed E-state index contributed by atoms with van der Waals surface area (Å²) in [4.78, 5) is 85.4. The van der Waals surface area contributed by atoms with E-state index in [4.69, 9.17) is 9.47 Å². The van der Waals surface area contributed by atoms with Gasteiger partial charge in [-0.1, -0.05) is 73.8 Å². The first-order chi connectivity index (χ1) is 34.7. The van der Waals surface area contributed by atoms with E-state index in [0.717, 1.165) is 23.9 Å². The fourth-order valence-corrected chi connectivity index (χ4v) is 10.2. The van der Waals surface area contributed by atoms with Gasteiger partial charge in [0.15, 0.2) is 0 Å². The highest BCUT2D eigenvalue weighted by Crippen LogP contribution is 2.37. The van der Waals surface area contributed by atoms with Gasteiger partial charge >= 0.3 is 12.1 Å². The van der Waals surface area contributed by atoms with E-state index >= 15 is 0 Å². The predicted octanol–water partition coefficient (Wildman–Crippen LogP) is 8.16. The van der Waals surface area contributed by atoms with E-state index in [9.17, 15) is 28.8 Å². The number of anilines is 2. The quantitative estimate of drug-likeness (QED) is 0.0765. The van der Waals surface area contributed by atoms with Crippen LogP contribution in [0.1, 0.15) is 16.7 Å². The Labute approximate surface area is 445 Å². The van der Waals surface area contributed by atoms with Crippen LogP contribution in [0.25, 0.3) is 0 Å². The number of urea groups is 2. The van der Waals surface area contributed by atoms with Crippen LogP contribution in [0.15, 0.2) is 155 Å². The Morgan fingerprint density at radius 2 is 0.708 bits per heavy atom. The number of imide groups is 4. The number of hydrogen-bond donors (Lipinski definition) is 4. The smallest absolute Gasteiger partial charge is 0.328 e. The molecule has 4 fully saturated rings. The van der Waals surface area contributed by atoms with E-state index in [1.807, 2.05) is 65.3 Å². The monoisotopic (exact) mass is 1210 g/mol. The Bertz CT molecular complexity index is 2740. The van der Waals surface area contributed by atoms with Crippen molar-refractivity contribution in [3.8, 4) is 23.0 Å². The number of benzene rings is 6. The standard InChI is InChI=1S/C27H25BrN4O4.C26H22BrIN4O4/c1-18-2-8-21(9-3-18)31-14-16-32(17-15-31)27(24(33)29-26(35)30-25(27)34)19-4-10-22(11-5-19)36-23-12-6-20(28)7-13-23;27-18-3-11-22(12-4-18)36-21-9-1-17(2-10-21)26(23(33)29-25(35)30-24(26)34)32-15-13-31(14-16-32)20-7-5-19(28)6-8-20/h2-13H,14-17H2,1H3,(H2,29,30,33,34,35);1-12H,13-16H2,(H2,29,30,33,34,35). The maximum atomic E-state index is 13.3. The number of ether oxygens (including phenoxy) is 2. The molecule has 0 saturated carbocycles. The maximum Gasteiger partial charge on any atom is 0.328 e. The van der Waals surface area contributed by atoms with Crippen molar-refractivity contribution >= 4 is 102 Å². The van der Waals surface area contributed by atoms with Gasteiger partial charge in [0.05, 0.1) is 0 Å². The zero-order chi connectivity index (χ0) is 50.6. The molecule has 0 bridgehead atoms. The van der Waals surface area contributed by atoms with Gasteiger partial charge in [0, 0.05) is 76.2 Å². The van der Waals surface area contributed by atoms with Gasteiger partial charge in [-0.25, -0.2) is 9.59 Å². The van der Waals surface area contributed by atoms with Crippen molar-refractivity contribution in [3.63, 3.8) is 0 Å². The van der Waals surface area contributed by atoms with Crippen molar-refractivity contribution in [2.45, 2.75) is 18.0 Å². The molecule has 4 saturated heterocycles. The van der Waals surface area contributed by atoms with Gasteiger partial charge in [-0.2, -0.15) is 0 Å². The van der Waals surface area contributed by atoms with Gasteiger partial charge in [-0.3, -0.25) is 50.2 Å². The summed E-state index contributed by atoms with van der Waals surface area (Å²) in [6.07, 6.45) is 0. The first-order valence-electron chi connectivity index (χ1n) is 23.0. The zero-order valence-electron chi connectivity index (χ0n) is 38.7. The molecule has 72 heavy (non-hydrogen) atoms. The molecule has 0 spiro atoms. The van der Waals surface area contributed by atoms with E-state index in [-0.39, 0.29) is 0 Å². The highest BCUT2D eigenvalue weighted by atomic mass is 127. The van der Waals surface area contributed by atoms with E-state index < -0.39 is 46.8 Å². The minimum atomic E-state index is -1.66. The third-order valence-electron chi connectivity index (χ3n) is 13.0. The molecule has 0 radical (unpaired) electrons. The molecule has 368 valence electrons. The van der Waals surface area contributed by atoms with Crippen molar-refractivity contribution in [3.05, 3.63) is 175 Å². The van der Waals surface area contributed by atoms with Crippen LogP contribution in [0.3, 0.4) is 0 Å². The molecule has 6 aromatic rings. The fraction of sp³-hybridized carbons (Fsp3) is 0.208. The normalized spacial score (nSPS) is 17.9. The molecule has 4 N–H and O–H groups in total. The molecule has 19 heteroatoms. The first-order valence-corrected chi connectivity index (χ1v) is 25.6. The highest BCUT2D eigenvalue weighted by molar-refractivity contribution is 14.1. The van der Waals surface area contributed by atoms with Gasteiger partial charge in [0.25, 0.3) is 23.6 Å². The molecule has 0 atom stereocenters. The van der Waals surface area contributed by atoms with Crippen molar-refractivity contribution in [2.24, 2.45) is 0 Å². The molecule has 0 aromatic heterocycles. The largest absolute Gasteiger partial charge is 0.457 e. The number of amides is 8. The number of nitrogens with zero attached hydrogens (tertiary/aromatic N) is 4. The summed E-state index contributed by atoms with van der Waals surface area (Å²) in [5.74, 6) is -0.164. The van der Waals surface area contributed by atoms with Crippen molar-refractivity contribution in [1.29, 1.82) is 0 Å². The Kier molecular flexibility index (Phi) is 15.1. The van der Waals surface area contributed by atoms with E-state index in [2.05, 4.69) is 134 Å². The van der Waals surface area contributed by atoms with Gasteiger partial charge in [0.1, 0.15) is 23.0 Å². The average molecular weight is 1210 g/mol. The fourth-order valence-electron chi connectivity index (χ4n) is 9.32. The summed E-state index contributed by atoms with van der Waals surface area (Å²) < 4.78 is 14.8. The summed E-state index contributed by atoms with van der Waals surface area (Å²) >= 11 is 9.07. The number of barbiturate groups is 2. The molecule has 4 aliphatic rings. The predicted molar refractivity (Wildman–Crippen MR) is 286 cm³/mol. The van der Waals surface area contributed by atoms with Gasteiger partial charge in [-0.15, -0.1) is 0 Å². The first kappa shape index (κ1) is 50.3. The Balaban J connectivity index is 0.000000178. The van der Waals surface area contributed by atoms with Crippen LogP contribution < -0.4 is 40.5 Å². The number of aryl methyl sites for hydroxylation is 1. The number of hydrogen-bond acceptors (Lipinski definition) is 12. The van der Waals surface area contributed by atoms with E-state index in [0.29, 0.717) is 86.5 Å². The van der Waals surface area contributed by atoms with E-state index in [1.54, 1.807) is 48.5 Å². The summed E-state index contributed by atoms with van der Waals surface area (Å²) in [6.45, 7) is 6.38. The number of carbonyl (C=O) groups is 6. The SMILES string of the molecule is Cc1ccc(N2CCN(C3(c4ccc(Oc5ccc(Br)cc5)cc4)C(=O)NC(=O)NC3=O)CC2)cc1.O=C1NC(=O)C(c2ccc(Oc3ccc(Br)cc3)cc2)(N2CCN(c3ccc(I)cc3)CC2)C(=O)N1. The molecule has 4 aliphatic heterocycles. The lowest BCUT2D eigenvalue weighted by Gasteiger charge is -2.47. The number of nitrogens with one attached hydrogen (secondary N) is 4. The summed E-state index contributed by atoms with van der Waals surface area (Å²) in [6, 6.07) is 43.4. The molecule has 16 nitrogen and oxygen atoms in total. The molecular formula is C53H47Br2IN8O8. The summed E-state index contributed by atoms with van der Waals surface area (Å²) in [7, 11) is 0. The molecule has 8 amide bonds.